The zero-order chi connectivity index (χ0) is 13.7. The van der Waals surface area contributed by atoms with E-state index in [-0.39, 0.29) is 11.4 Å². The quantitative estimate of drug-likeness (QED) is 0.737. The van der Waals surface area contributed by atoms with Gasteiger partial charge in [-0.05, 0) is 30.2 Å². The molecule has 0 saturated carbocycles. The maximum atomic E-state index is 11.9. The zero-order valence-corrected chi connectivity index (χ0v) is 11.3. The Morgan fingerprint density at radius 1 is 1.11 bits per heavy atom. The van der Waals surface area contributed by atoms with Crippen molar-refractivity contribution in [2.45, 2.75) is 17.9 Å². The molecule has 0 spiro atoms. The van der Waals surface area contributed by atoms with Gasteiger partial charge in [0.25, 0.3) is 0 Å². The van der Waals surface area contributed by atoms with Gasteiger partial charge in [-0.1, -0.05) is 24.3 Å². The molecule has 0 radical (unpaired) electrons. The van der Waals surface area contributed by atoms with Crippen molar-refractivity contribution in [1.29, 1.82) is 0 Å². The molecule has 2 aromatic rings. The molecule has 6 heteroatoms. The van der Waals surface area contributed by atoms with Crippen LogP contribution in [0.25, 0.3) is 0 Å². The Labute approximate surface area is 112 Å². The van der Waals surface area contributed by atoms with Crippen molar-refractivity contribution in [2.24, 2.45) is 5.73 Å². The Hall–Kier alpha value is -1.63. The van der Waals surface area contributed by atoms with Gasteiger partial charge in [0.05, 0.1) is 4.90 Å². The van der Waals surface area contributed by atoms with Crippen molar-refractivity contribution in [3.63, 3.8) is 0 Å². The van der Waals surface area contributed by atoms with Crippen molar-refractivity contribution < 1.29 is 8.42 Å². The summed E-state index contributed by atoms with van der Waals surface area (Å²) in [5.74, 6) is 0. The van der Waals surface area contributed by atoms with E-state index in [0.29, 0.717) is 6.54 Å². The van der Waals surface area contributed by atoms with Gasteiger partial charge in [0.2, 0.25) is 10.0 Å². The van der Waals surface area contributed by atoms with Crippen LogP contribution in [0.15, 0.2) is 47.6 Å². The number of hydrogen-bond donors (Lipinski definition) is 3. The fraction of sp³-hybridized carbons (Fsp3) is 0.231. The van der Waals surface area contributed by atoms with Crippen molar-refractivity contribution in [3.8, 4) is 0 Å². The van der Waals surface area contributed by atoms with E-state index in [2.05, 4.69) is 9.71 Å². The molecule has 0 aliphatic rings. The lowest BCUT2D eigenvalue weighted by Gasteiger charge is -2.06. The Morgan fingerprint density at radius 3 is 2.37 bits per heavy atom. The lowest BCUT2D eigenvalue weighted by Crippen LogP contribution is -2.22. The van der Waals surface area contributed by atoms with Gasteiger partial charge in [0, 0.05) is 18.9 Å². The van der Waals surface area contributed by atoms with Crippen LogP contribution in [0.2, 0.25) is 0 Å². The molecule has 1 heterocycles. The first-order valence-electron chi connectivity index (χ1n) is 6.02. The minimum atomic E-state index is -3.44. The molecule has 0 unspecified atom stereocenters. The van der Waals surface area contributed by atoms with Gasteiger partial charge >= 0.3 is 0 Å². The number of sulfonamides is 1. The molecule has 2 rings (SSSR count). The summed E-state index contributed by atoms with van der Waals surface area (Å²) >= 11 is 0. The molecule has 0 amide bonds. The van der Waals surface area contributed by atoms with Crippen LogP contribution in [0, 0.1) is 0 Å². The van der Waals surface area contributed by atoms with Crippen LogP contribution >= 0.6 is 0 Å². The average Bonchev–Trinajstić information content (AvgIpc) is 2.93. The van der Waals surface area contributed by atoms with Crippen LogP contribution in [0.3, 0.4) is 0 Å². The smallest absolute Gasteiger partial charge is 0.242 e. The number of H-pyrrole nitrogens is 1. The largest absolute Gasteiger partial charge is 0.366 e. The molecule has 5 nitrogen and oxygen atoms in total. The molecule has 0 aliphatic carbocycles. The van der Waals surface area contributed by atoms with E-state index < -0.39 is 10.0 Å². The van der Waals surface area contributed by atoms with E-state index in [4.69, 9.17) is 5.73 Å². The first-order chi connectivity index (χ1) is 9.12. The number of nitrogens with two attached hydrogens (primary N) is 1. The Morgan fingerprint density at radius 2 is 1.79 bits per heavy atom. The number of aromatic nitrogens is 1. The predicted molar refractivity (Wildman–Crippen MR) is 74.0 cm³/mol. The molecule has 0 aliphatic heterocycles. The highest BCUT2D eigenvalue weighted by Gasteiger charge is 2.13. The number of aromatic amines is 1. The first kappa shape index (κ1) is 13.8. The third-order valence-electron chi connectivity index (χ3n) is 2.80. The minimum absolute atomic E-state index is 0.243. The molecular formula is C13H17N3O2S. The molecule has 1 aromatic carbocycles. The highest BCUT2D eigenvalue weighted by molar-refractivity contribution is 7.89. The van der Waals surface area contributed by atoms with Crippen molar-refractivity contribution >= 4 is 10.0 Å². The first-order valence-corrected chi connectivity index (χ1v) is 7.50. The van der Waals surface area contributed by atoms with E-state index in [1.165, 1.54) is 12.3 Å². The van der Waals surface area contributed by atoms with E-state index >= 15 is 0 Å². The SMILES string of the molecule is NCCc1ccc(CNS(=O)(=O)c2cc[nH]c2)cc1. The molecule has 0 saturated heterocycles. The third kappa shape index (κ3) is 3.66. The van der Waals surface area contributed by atoms with Gasteiger partial charge in [-0.2, -0.15) is 0 Å². The second-order valence-electron chi connectivity index (χ2n) is 4.23. The van der Waals surface area contributed by atoms with Gasteiger partial charge in [-0.25, -0.2) is 13.1 Å². The van der Waals surface area contributed by atoms with E-state index in [1.54, 1.807) is 6.20 Å². The fourth-order valence-electron chi connectivity index (χ4n) is 1.73. The van der Waals surface area contributed by atoms with Crippen LogP contribution in [0.4, 0.5) is 0 Å². The average molecular weight is 279 g/mol. The van der Waals surface area contributed by atoms with Gasteiger partial charge in [-0.3, -0.25) is 0 Å². The molecule has 102 valence electrons. The summed E-state index contributed by atoms with van der Waals surface area (Å²) in [6.45, 7) is 0.885. The summed E-state index contributed by atoms with van der Waals surface area (Å²) in [5, 5.41) is 0. The zero-order valence-electron chi connectivity index (χ0n) is 10.5. The second kappa shape index (κ2) is 6.01. The molecule has 0 atom stereocenters. The standard InChI is InChI=1S/C13H17N3O2S/c14-7-5-11-1-3-12(4-2-11)9-16-19(17,18)13-6-8-15-10-13/h1-4,6,8,10,15-16H,5,7,9,14H2. The molecule has 1 aromatic heterocycles. The van der Waals surface area contributed by atoms with Crippen molar-refractivity contribution in [1.82, 2.24) is 9.71 Å². The minimum Gasteiger partial charge on any atom is -0.366 e. The maximum Gasteiger partial charge on any atom is 0.242 e. The summed E-state index contributed by atoms with van der Waals surface area (Å²) in [4.78, 5) is 2.97. The van der Waals surface area contributed by atoms with Crippen molar-refractivity contribution in [2.75, 3.05) is 6.54 Å². The monoisotopic (exact) mass is 279 g/mol. The predicted octanol–water partition coefficient (Wildman–Crippen LogP) is 0.994. The van der Waals surface area contributed by atoms with Crippen LogP contribution in [0.1, 0.15) is 11.1 Å². The highest BCUT2D eigenvalue weighted by atomic mass is 32.2. The third-order valence-corrected chi connectivity index (χ3v) is 4.20. The van der Waals surface area contributed by atoms with Gasteiger partial charge in [0.1, 0.15) is 0 Å². The van der Waals surface area contributed by atoms with Crippen LogP contribution in [-0.4, -0.2) is 19.9 Å². The van der Waals surface area contributed by atoms with E-state index in [0.717, 1.165) is 17.5 Å². The summed E-state index contributed by atoms with van der Waals surface area (Å²) in [5.41, 5.74) is 7.54. The van der Waals surface area contributed by atoms with Gasteiger partial charge in [-0.15, -0.1) is 0 Å². The molecule has 0 fully saturated rings. The number of hydrogen-bond acceptors (Lipinski definition) is 3. The van der Waals surface area contributed by atoms with Crippen LogP contribution in [0.5, 0.6) is 0 Å². The highest BCUT2D eigenvalue weighted by Crippen LogP contribution is 2.09. The van der Waals surface area contributed by atoms with Gasteiger partial charge < -0.3 is 10.7 Å². The second-order valence-corrected chi connectivity index (χ2v) is 5.99. The summed E-state index contributed by atoms with van der Waals surface area (Å²) in [7, 11) is -3.44. The Bertz CT molecular complexity index is 604. The Balaban J connectivity index is 1.99. The normalized spacial score (nSPS) is 11.6. The van der Waals surface area contributed by atoms with Crippen LogP contribution < -0.4 is 10.5 Å². The molecular weight excluding hydrogens is 262 g/mol. The summed E-state index contributed by atoms with van der Waals surface area (Å²) < 4.78 is 26.3. The van der Waals surface area contributed by atoms with Crippen molar-refractivity contribution in [3.05, 3.63) is 53.9 Å². The number of rotatable bonds is 6. The lowest BCUT2D eigenvalue weighted by atomic mass is 10.1. The van der Waals surface area contributed by atoms with Gasteiger partial charge in [0.15, 0.2) is 0 Å². The summed E-state index contributed by atoms with van der Waals surface area (Å²) in [6.07, 6.45) is 3.86. The molecule has 4 N–H and O–H groups in total. The fourth-order valence-corrected chi connectivity index (χ4v) is 2.72. The van der Waals surface area contributed by atoms with Crippen LogP contribution in [-0.2, 0) is 23.0 Å². The molecule has 0 bridgehead atoms. The Kier molecular flexibility index (Phi) is 4.36. The molecule has 19 heavy (non-hydrogen) atoms. The lowest BCUT2D eigenvalue weighted by molar-refractivity contribution is 0.581. The number of nitrogens with one attached hydrogen (secondary N) is 2. The topological polar surface area (TPSA) is 88.0 Å². The maximum absolute atomic E-state index is 11.9. The van der Waals surface area contributed by atoms with E-state index in [1.807, 2.05) is 24.3 Å². The number of benzene rings is 1. The van der Waals surface area contributed by atoms with E-state index in [9.17, 15) is 8.42 Å². The summed E-state index contributed by atoms with van der Waals surface area (Å²) in [6, 6.07) is 9.27.